The van der Waals surface area contributed by atoms with Gasteiger partial charge in [0.1, 0.15) is 0 Å². The molecule has 4 heteroatoms. The van der Waals surface area contributed by atoms with Crippen LogP contribution in [0.25, 0.3) is 10.9 Å². The lowest BCUT2D eigenvalue weighted by Crippen LogP contribution is -2.36. The molecule has 102 valence electrons. The fraction of sp³-hybridized carbons (Fsp3) is 0.312. The predicted molar refractivity (Wildman–Crippen MR) is 83.6 cm³/mol. The zero-order chi connectivity index (χ0) is 13.8. The highest BCUT2D eigenvalue weighted by Gasteiger charge is 2.07. The van der Waals surface area contributed by atoms with Gasteiger partial charge in [0.2, 0.25) is 0 Å². The second-order valence-electron chi connectivity index (χ2n) is 4.71. The first kappa shape index (κ1) is 13.6. The number of hydrogen-bond acceptors (Lipinski definition) is 3. The molecule has 0 radical (unpaired) electrons. The largest absolute Gasteiger partial charge is 0.379 e. The Labute approximate surface area is 127 Å². The summed E-state index contributed by atoms with van der Waals surface area (Å²) in [5.74, 6) is 6.53. The number of pyridine rings is 1. The second-order valence-corrected chi connectivity index (χ2v) is 5.63. The van der Waals surface area contributed by atoms with Crippen molar-refractivity contribution in [3.63, 3.8) is 0 Å². The number of ether oxygens (including phenoxy) is 1. The van der Waals surface area contributed by atoms with E-state index < -0.39 is 0 Å². The smallest absolute Gasteiger partial charge is 0.0715 e. The minimum atomic E-state index is 0.793. The van der Waals surface area contributed by atoms with E-state index in [9.17, 15) is 0 Å². The summed E-state index contributed by atoms with van der Waals surface area (Å²) in [6.45, 7) is 4.36. The fourth-order valence-corrected chi connectivity index (χ4v) is 2.59. The van der Waals surface area contributed by atoms with E-state index in [0.29, 0.717) is 0 Å². The Kier molecular flexibility index (Phi) is 4.31. The maximum absolute atomic E-state index is 5.33. The quantitative estimate of drug-likeness (QED) is 0.752. The normalized spacial score (nSPS) is 15.8. The molecule has 0 amide bonds. The molecule has 1 aliphatic heterocycles. The molecule has 1 aromatic carbocycles. The molecule has 20 heavy (non-hydrogen) atoms. The van der Waals surface area contributed by atoms with Gasteiger partial charge < -0.3 is 4.74 Å². The third-order valence-corrected chi connectivity index (χ3v) is 3.83. The molecule has 1 aliphatic rings. The fourth-order valence-electron chi connectivity index (χ4n) is 2.23. The standard InChI is InChI=1S/C16H15BrN2O/c17-14-3-4-16-15(12-14)13(5-6-18-16)2-1-7-19-8-10-20-11-9-19/h3-6,12H,7-11H2. The number of fused-ring (bicyclic) bond motifs is 1. The van der Waals surface area contributed by atoms with Crippen molar-refractivity contribution in [3.8, 4) is 11.8 Å². The first-order valence-electron chi connectivity index (χ1n) is 6.66. The van der Waals surface area contributed by atoms with E-state index in [-0.39, 0.29) is 0 Å². The minimum Gasteiger partial charge on any atom is -0.379 e. The highest BCUT2D eigenvalue weighted by Crippen LogP contribution is 2.20. The molecule has 1 aromatic heterocycles. The second kappa shape index (κ2) is 6.36. The van der Waals surface area contributed by atoms with Crippen molar-refractivity contribution in [2.45, 2.75) is 0 Å². The van der Waals surface area contributed by atoms with Gasteiger partial charge >= 0.3 is 0 Å². The molecule has 2 aromatic rings. The van der Waals surface area contributed by atoms with Crippen LogP contribution in [0.3, 0.4) is 0 Å². The number of halogens is 1. The van der Waals surface area contributed by atoms with Gasteiger partial charge in [-0.25, -0.2) is 0 Å². The molecule has 2 heterocycles. The van der Waals surface area contributed by atoms with E-state index in [2.05, 4.69) is 43.7 Å². The molecule has 1 saturated heterocycles. The number of rotatable bonds is 1. The summed E-state index contributed by atoms with van der Waals surface area (Å²) in [5, 5.41) is 1.09. The van der Waals surface area contributed by atoms with Gasteiger partial charge in [0.15, 0.2) is 0 Å². The molecule has 0 atom stereocenters. The average Bonchev–Trinajstić information content (AvgIpc) is 2.49. The summed E-state index contributed by atoms with van der Waals surface area (Å²) in [6.07, 6.45) is 1.81. The Hall–Kier alpha value is -1.41. The van der Waals surface area contributed by atoms with Gasteiger partial charge in [-0.15, -0.1) is 0 Å². The van der Waals surface area contributed by atoms with E-state index >= 15 is 0 Å². The van der Waals surface area contributed by atoms with E-state index in [4.69, 9.17) is 4.74 Å². The van der Waals surface area contributed by atoms with Crippen LogP contribution in [0.1, 0.15) is 5.56 Å². The summed E-state index contributed by atoms with van der Waals surface area (Å²) >= 11 is 3.50. The third kappa shape index (κ3) is 3.18. The Balaban J connectivity index is 1.82. The summed E-state index contributed by atoms with van der Waals surface area (Å²) in [6, 6.07) is 8.05. The lowest BCUT2D eigenvalue weighted by atomic mass is 10.1. The lowest BCUT2D eigenvalue weighted by Gasteiger charge is -2.24. The Morgan fingerprint density at radius 3 is 2.95 bits per heavy atom. The van der Waals surface area contributed by atoms with Gasteiger partial charge in [-0.3, -0.25) is 9.88 Å². The van der Waals surface area contributed by atoms with Crippen LogP contribution in [-0.4, -0.2) is 42.7 Å². The molecule has 0 N–H and O–H groups in total. The molecule has 0 saturated carbocycles. The molecule has 1 fully saturated rings. The average molecular weight is 331 g/mol. The Bertz CT molecular complexity index is 669. The molecular weight excluding hydrogens is 316 g/mol. The SMILES string of the molecule is Brc1ccc2nccc(C#CCN3CCOCC3)c2c1. The van der Waals surface area contributed by atoms with Crippen LogP contribution in [0.4, 0.5) is 0 Å². The zero-order valence-electron chi connectivity index (χ0n) is 11.1. The van der Waals surface area contributed by atoms with Gasteiger partial charge in [0.05, 0.1) is 25.3 Å². The van der Waals surface area contributed by atoms with Gasteiger partial charge in [0.25, 0.3) is 0 Å². The van der Waals surface area contributed by atoms with E-state index in [1.54, 1.807) is 0 Å². The van der Waals surface area contributed by atoms with Crippen molar-refractivity contribution in [2.24, 2.45) is 0 Å². The van der Waals surface area contributed by atoms with Crippen LogP contribution in [0.15, 0.2) is 34.9 Å². The molecular formula is C16H15BrN2O. The van der Waals surface area contributed by atoms with Crippen molar-refractivity contribution in [1.82, 2.24) is 9.88 Å². The number of aromatic nitrogens is 1. The number of benzene rings is 1. The summed E-state index contributed by atoms with van der Waals surface area (Å²) in [7, 11) is 0. The van der Waals surface area contributed by atoms with Crippen LogP contribution < -0.4 is 0 Å². The van der Waals surface area contributed by atoms with E-state index in [1.807, 2.05) is 24.4 Å². The Morgan fingerprint density at radius 2 is 2.10 bits per heavy atom. The van der Waals surface area contributed by atoms with Crippen LogP contribution in [-0.2, 0) is 4.74 Å². The molecule has 0 spiro atoms. The number of nitrogens with zero attached hydrogens (tertiary/aromatic N) is 2. The zero-order valence-corrected chi connectivity index (χ0v) is 12.7. The van der Waals surface area contributed by atoms with Gasteiger partial charge in [-0.2, -0.15) is 0 Å². The van der Waals surface area contributed by atoms with Crippen LogP contribution in [0.5, 0.6) is 0 Å². The van der Waals surface area contributed by atoms with Crippen molar-refractivity contribution >= 4 is 26.8 Å². The first-order valence-corrected chi connectivity index (χ1v) is 7.45. The van der Waals surface area contributed by atoms with Gasteiger partial charge in [-0.1, -0.05) is 27.8 Å². The van der Waals surface area contributed by atoms with Gasteiger partial charge in [-0.05, 0) is 24.3 Å². The van der Waals surface area contributed by atoms with Crippen LogP contribution in [0, 0.1) is 11.8 Å². The summed E-state index contributed by atoms with van der Waals surface area (Å²) in [4.78, 5) is 6.68. The molecule has 0 bridgehead atoms. The van der Waals surface area contributed by atoms with Gasteiger partial charge in [0, 0.05) is 34.7 Å². The first-order chi connectivity index (χ1) is 9.83. The number of morpholine rings is 1. The monoisotopic (exact) mass is 330 g/mol. The maximum Gasteiger partial charge on any atom is 0.0715 e. The van der Waals surface area contributed by atoms with Crippen molar-refractivity contribution in [2.75, 3.05) is 32.8 Å². The number of hydrogen-bond donors (Lipinski definition) is 0. The van der Waals surface area contributed by atoms with Crippen molar-refractivity contribution in [3.05, 3.63) is 40.5 Å². The predicted octanol–water partition coefficient (Wildman–Crippen LogP) is 2.68. The van der Waals surface area contributed by atoms with Crippen LogP contribution in [0.2, 0.25) is 0 Å². The highest BCUT2D eigenvalue weighted by molar-refractivity contribution is 9.10. The molecule has 0 aliphatic carbocycles. The third-order valence-electron chi connectivity index (χ3n) is 3.33. The topological polar surface area (TPSA) is 25.4 Å². The molecule has 0 unspecified atom stereocenters. The Morgan fingerprint density at radius 1 is 1.25 bits per heavy atom. The van der Waals surface area contributed by atoms with Crippen molar-refractivity contribution < 1.29 is 4.74 Å². The van der Waals surface area contributed by atoms with E-state index in [1.165, 1.54) is 0 Å². The van der Waals surface area contributed by atoms with Crippen LogP contribution >= 0.6 is 15.9 Å². The molecule has 3 nitrogen and oxygen atoms in total. The summed E-state index contributed by atoms with van der Waals surface area (Å²) < 4.78 is 6.38. The summed E-state index contributed by atoms with van der Waals surface area (Å²) in [5.41, 5.74) is 2.01. The molecule has 3 rings (SSSR count). The maximum atomic E-state index is 5.33. The minimum absolute atomic E-state index is 0.793. The highest BCUT2D eigenvalue weighted by atomic mass is 79.9. The van der Waals surface area contributed by atoms with E-state index in [0.717, 1.165) is 53.8 Å². The lowest BCUT2D eigenvalue weighted by molar-refractivity contribution is 0.0443. The van der Waals surface area contributed by atoms with Crippen molar-refractivity contribution in [1.29, 1.82) is 0 Å².